The lowest BCUT2D eigenvalue weighted by atomic mass is 10.1. The molecule has 6 N–H and O–H groups in total. The molecular weight excluding hydrogens is 887 g/mol. The molecule has 0 spiro atoms. The van der Waals surface area contributed by atoms with Gasteiger partial charge in [-0.15, -0.1) is 0 Å². The minimum atomic E-state index is -2.13. The number of carbonyl (C=O) groups is 4. The lowest BCUT2D eigenvalue weighted by Crippen LogP contribution is -2.46. The molecule has 2 aliphatic heterocycles. The molecule has 1 unspecified atom stereocenters. The number of hydrogen-bond acceptors (Lipinski definition) is 12. The molecule has 1 fully saturated rings. The highest BCUT2D eigenvalue weighted by Crippen LogP contribution is 2.39. The second kappa shape index (κ2) is 18.7. The number of nitrogens with zero attached hydrogens (tertiary/aromatic N) is 9. The number of imidazole rings is 2. The van der Waals surface area contributed by atoms with E-state index < -0.39 is 38.0 Å². The zero-order valence-electron chi connectivity index (χ0n) is 40.2. The van der Waals surface area contributed by atoms with Gasteiger partial charge in [0.25, 0.3) is 11.8 Å². The number of likely N-dealkylation sites (tertiary alicyclic amines) is 1. The number of benzene rings is 2. The topological polar surface area (TPSA) is 247 Å². The van der Waals surface area contributed by atoms with E-state index in [-0.39, 0.29) is 60.5 Å². The molecule has 6 heterocycles. The first-order valence-electron chi connectivity index (χ1n) is 23.0. The highest BCUT2D eigenvalue weighted by Gasteiger charge is 2.41. The van der Waals surface area contributed by atoms with Gasteiger partial charge < -0.3 is 34.5 Å². The molecule has 2 aromatic carbocycles. The van der Waals surface area contributed by atoms with Crippen LogP contribution in [0.2, 0.25) is 18.1 Å². The van der Waals surface area contributed by atoms with Gasteiger partial charge in [0.2, 0.25) is 23.7 Å². The fourth-order valence-electron chi connectivity index (χ4n) is 8.55. The van der Waals surface area contributed by atoms with Gasteiger partial charge in [-0.1, -0.05) is 32.9 Å². The van der Waals surface area contributed by atoms with Gasteiger partial charge in [0.1, 0.15) is 47.1 Å². The van der Waals surface area contributed by atoms with Crippen molar-refractivity contribution in [3.63, 3.8) is 0 Å². The first-order valence-corrected chi connectivity index (χ1v) is 25.9. The molecule has 0 aliphatic carbocycles. The van der Waals surface area contributed by atoms with E-state index in [1.165, 1.54) is 0 Å². The van der Waals surface area contributed by atoms with Crippen LogP contribution in [-0.4, -0.2) is 114 Å². The number of nitrogens with one attached hydrogen (secondary N) is 2. The van der Waals surface area contributed by atoms with Crippen LogP contribution in [0.4, 0.5) is 11.9 Å². The van der Waals surface area contributed by atoms with Gasteiger partial charge in [-0.2, -0.15) is 10.2 Å². The summed E-state index contributed by atoms with van der Waals surface area (Å²) in [6, 6.07) is 9.35. The number of amides is 4. The molecule has 1 saturated heterocycles. The Labute approximate surface area is 395 Å². The van der Waals surface area contributed by atoms with Crippen molar-refractivity contribution in [2.75, 3.05) is 36.9 Å². The van der Waals surface area contributed by atoms with E-state index >= 15 is 0 Å². The zero-order chi connectivity index (χ0) is 48.8. The number of ether oxygens (including phenoxy) is 2. The van der Waals surface area contributed by atoms with Gasteiger partial charge in [0, 0.05) is 50.4 Å². The maximum atomic E-state index is 14.0. The van der Waals surface area contributed by atoms with E-state index in [2.05, 4.69) is 59.6 Å². The summed E-state index contributed by atoms with van der Waals surface area (Å²) in [5, 5.41) is 14.9. The van der Waals surface area contributed by atoms with E-state index in [0.717, 1.165) is 6.42 Å². The van der Waals surface area contributed by atoms with Crippen molar-refractivity contribution in [2.24, 2.45) is 11.5 Å². The molecule has 0 saturated carbocycles. The third-order valence-electron chi connectivity index (χ3n) is 13.1. The maximum absolute atomic E-state index is 14.0. The smallest absolute Gasteiger partial charge is 0.276 e. The monoisotopic (exact) mass is 947 g/mol. The lowest BCUT2D eigenvalue weighted by molar-refractivity contribution is 0.0956. The highest BCUT2D eigenvalue weighted by atomic mass is 28.4. The first-order chi connectivity index (χ1) is 32.2. The minimum Gasteiger partial charge on any atom is -0.490 e. The average Bonchev–Trinajstić information content (AvgIpc) is 4.11. The quantitative estimate of drug-likeness (QED) is 0.0912. The second-order valence-corrected chi connectivity index (χ2v) is 23.7. The molecule has 360 valence electrons. The Morgan fingerprint density at radius 2 is 1.21 bits per heavy atom. The Morgan fingerprint density at radius 3 is 1.62 bits per heavy atom. The summed E-state index contributed by atoms with van der Waals surface area (Å²) in [6.45, 7) is 21.3. The third-order valence-corrected chi connectivity index (χ3v) is 17.6. The summed E-state index contributed by atoms with van der Waals surface area (Å²) >= 11 is 0. The van der Waals surface area contributed by atoms with Crippen molar-refractivity contribution in [2.45, 2.75) is 111 Å². The largest absolute Gasteiger partial charge is 0.490 e. The number of carbonyl (C=O) groups excluding carboxylic acids is 4. The summed E-state index contributed by atoms with van der Waals surface area (Å²) in [5.41, 5.74) is 16.0. The number of nitrogens with two attached hydrogens (primary N) is 2. The van der Waals surface area contributed by atoms with Crippen LogP contribution in [0.1, 0.15) is 94.1 Å². The number of aromatic nitrogens is 8. The van der Waals surface area contributed by atoms with Crippen LogP contribution >= 0.6 is 0 Å². The van der Waals surface area contributed by atoms with Crippen LogP contribution in [0.15, 0.2) is 48.6 Å². The second-order valence-electron chi connectivity index (χ2n) is 18.9. The molecule has 0 radical (unpaired) electrons. The highest BCUT2D eigenvalue weighted by molar-refractivity contribution is 6.74. The minimum absolute atomic E-state index is 0.00702. The normalized spacial score (nSPS) is 16.8. The van der Waals surface area contributed by atoms with Crippen molar-refractivity contribution < 1.29 is 33.1 Å². The van der Waals surface area contributed by atoms with Gasteiger partial charge in [-0.05, 0) is 88.6 Å². The molecular formula is C47H61N13O7Si. The predicted molar refractivity (Wildman–Crippen MR) is 260 cm³/mol. The molecule has 68 heavy (non-hydrogen) atoms. The van der Waals surface area contributed by atoms with Gasteiger partial charge in [0.15, 0.2) is 8.32 Å². The van der Waals surface area contributed by atoms with Gasteiger partial charge in [-0.3, -0.25) is 44.1 Å². The molecule has 4 amide bonds. The van der Waals surface area contributed by atoms with Crippen LogP contribution in [-0.2, 0) is 30.6 Å². The predicted octanol–water partition coefficient (Wildman–Crippen LogP) is 5.63. The lowest BCUT2D eigenvalue weighted by Gasteiger charge is -2.38. The molecule has 1 atom stereocenters. The standard InChI is InChI=1S/C47H61N13O7Si/c1-10-59-35(18-27(3)54-59)43(63)52-45-50-33-20-29(41(48)61)22-37-39(33)57(45)15-12-13-16-58-40-34(51-46(58)53-44(64)36-19-28(4)55-60(36)11-2)21-30(42(49)62)23-38(40)66-26-31(25-65-37)56-17-14-32(24-56)67-68(8,9)47(5,6)7/h12-13,18-23,31-32H,10-11,14-17,24-26H2,1-9H3,(H2,48,61)(H2,49,62)(H,50,52,63)(H,51,53,64)/b13-12+. The van der Waals surface area contributed by atoms with Crippen LogP contribution in [0.25, 0.3) is 22.1 Å². The zero-order valence-corrected chi connectivity index (χ0v) is 41.2. The van der Waals surface area contributed by atoms with Crippen LogP contribution in [0.3, 0.4) is 0 Å². The molecule has 0 bridgehead atoms. The Kier molecular flexibility index (Phi) is 13.1. The third kappa shape index (κ3) is 9.50. The van der Waals surface area contributed by atoms with Crippen molar-refractivity contribution in [1.82, 2.24) is 43.6 Å². The SMILES string of the molecule is CCn1nc(C)cc1C(=O)Nc1nc2cc(C(N)=O)cc3c2n1C/C=C/Cn1c(NC(=O)c2cc(C)nn2CC)nc2cc(C(N)=O)cc(c21)OCC(N1CCC(O[Si](C)(C)C(C)(C)C)C1)CO3. The van der Waals surface area contributed by atoms with E-state index in [1.54, 1.807) is 54.9 Å². The van der Waals surface area contributed by atoms with Gasteiger partial charge >= 0.3 is 0 Å². The molecule has 6 aromatic rings. The number of anilines is 2. The summed E-state index contributed by atoms with van der Waals surface area (Å²) in [6.07, 6.45) is 4.51. The summed E-state index contributed by atoms with van der Waals surface area (Å²) in [7, 11) is -2.13. The number of hydrogen-bond donors (Lipinski definition) is 4. The van der Waals surface area contributed by atoms with Crippen molar-refractivity contribution in [1.29, 1.82) is 0 Å². The number of aryl methyl sites for hydroxylation is 4. The van der Waals surface area contributed by atoms with Crippen molar-refractivity contribution in [3.05, 3.63) is 82.5 Å². The fraction of sp³-hybridized carbons (Fsp3) is 0.447. The Bertz CT molecular complexity index is 2800. The number of primary amides is 2. The molecule has 8 rings (SSSR count). The van der Waals surface area contributed by atoms with E-state index in [0.29, 0.717) is 82.5 Å². The van der Waals surface area contributed by atoms with E-state index in [9.17, 15) is 19.2 Å². The Morgan fingerprint density at radius 1 is 0.750 bits per heavy atom. The van der Waals surface area contributed by atoms with Gasteiger partial charge in [-0.25, -0.2) is 9.97 Å². The molecule has 21 heteroatoms. The van der Waals surface area contributed by atoms with E-state index in [4.69, 9.17) is 35.3 Å². The number of allylic oxidation sites excluding steroid dienone is 2. The van der Waals surface area contributed by atoms with Crippen molar-refractivity contribution >= 4 is 65.9 Å². The molecule has 2 aliphatic rings. The maximum Gasteiger partial charge on any atom is 0.276 e. The van der Waals surface area contributed by atoms with Crippen LogP contribution < -0.4 is 31.6 Å². The molecule has 4 aromatic heterocycles. The summed E-state index contributed by atoms with van der Waals surface area (Å²) in [4.78, 5) is 65.6. The van der Waals surface area contributed by atoms with Crippen LogP contribution in [0, 0.1) is 13.8 Å². The van der Waals surface area contributed by atoms with Gasteiger partial charge in [0.05, 0.1) is 34.6 Å². The fourth-order valence-corrected chi connectivity index (χ4v) is 9.93. The number of rotatable bonds is 11. The average molecular weight is 948 g/mol. The summed E-state index contributed by atoms with van der Waals surface area (Å²) in [5.74, 6) is -1.18. The van der Waals surface area contributed by atoms with Crippen LogP contribution in [0.5, 0.6) is 11.5 Å². The Balaban J connectivity index is 1.26. The summed E-state index contributed by atoms with van der Waals surface area (Å²) < 4.78 is 27.3. The Hall–Kier alpha value is -6.84. The first kappa shape index (κ1) is 47.6. The van der Waals surface area contributed by atoms with Crippen molar-refractivity contribution in [3.8, 4) is 11.5 Å². The molecule has 20 nitrogen and oxygen atoms in total. The van der Waals surface area contributed by atoms with E-state index in [1.807, 2.05) is 39.8 Å².